The number of benzene rings is 1. The number of aromatic amines is 1. The van der Waals surface area contributed by atoms with Gasteiger partial charge in [-0.15, -0.1) is 0 Å². The summed E-state index contributed by atoms with van der Waals surface area (Å²) in [6.45, 7) is 2.98. The van der Waals surface area contributed by atoms with Gasteiger partial charge in [-0.1, -0.05) is 31.2 Å². The maximum Gasteiger partial charge on any atom is 0.178 e. The van der Waals surface area contributed by atoms with Gasteiger partial charge >= 0.3 is 0 Å². The lowest BCUT2D eigenvalue weighted by Gasteiger charge is -2.09. The molecule has 19 heavy (non-hydrogen) atoms. The van der Waals surface area contributed by atoms with E-state index in [1.807, 2.05) is 12.3 Å². The quantitative estimate of drug-likeness (QED) is 0.735. The minimum atomic E-state index is 0.744. The fraction of sp³-hybridized carbons (Fsp3) is 0.200. The maximum absolute atomic E-state index is 5.41. The van der Waals surface area contributed by atoms with Crippen molar-refractivity contribution in [2.75, 3.05) is 0 Å². The number of fused-ring (bicyclic) bond motifs is 1. The number of pyridine rings is 1. The third-order valence-electron chi connectivity index (χ3n) is 3.40. The molecule has 2 heterocycles. The van der Waals surface area contributed by atoms with Crippen LogP contribution in [0, 0.1) is 4.77 Å². The zero-order valence-corrected chi connectivity index (χ0v) is 11.6. The molecule has 0 saturated heterocycles. The largest absolute Gasteiger partial charge is 0.329 e. The number of nitrogens with zero attached hydrogens (tertiary/aromatic N) is 2. The lowest BCUT2D eigenvalue weighted by atomic mass is 10.1. The summed E-state index contributed by atoms with van der Waals surface area (Å²) in [5, 5.41) is 0. The Labute approximate surface area is 116 Å². The molecule has 0 spiro atoms. The van der Waals surface area contributed by atoms with E-state index in [-0.39, 0.29) is 0 Å². The fourth-order valence-corrected chi connectivity index (χ4v) is 2.67. The molecule has 1 aromatic carbocycles. The van der Waals surface area contributed by atoms with Crippen LogP contribution in [-0.2, 0) is 13.0 Å². The second-order valence-corrected chi connectivity index (χ2v) is 4.92. The molecule has 0 aliphatic heterocycles. The molecular weight excluding hydrogens is 254 g/mol. The minimum absolute atomic E-state index is 0.744. The second kappa shape index (κ2) is 4.97. The molecule has 0 saturated carbocycles. The van der Waals surface area contributed by atoms with Gasteiger partial charge in [0.1, 0.15) is 0 Å². The van der Waals surface area contributed by atoms with Crippen molar-refractivity contribution >= 4 is 23.3 Å². The maximum atomic E-state index is 5.41. The Hall–Kier alpha value is -1.94. The second-order valence-electron chi connectivity index (χ2n) is 4.53. The van der Waals surface area contributed by atoms with Crippen LogP contribution in [0.2, 0.25) is 0 Å². The highest BCUT2D eigenvalue weighted by molar-refractivity contribution is 7.71. The molecule has 1 N–H and O–H groups in total. The van der Waals surface area contributed by atoms with Gasteiger partial charge in [0.15, 0.2) is 4.77 Å². The number of imidazole rings is 1. The zero-order chi connectivity index (χ0) is 13.2. The van der Waals surface area contributed by atoms with E-state index in [4.69, 9.17) is 12.2 Å². The summed E-state index contributed by atoms with van der Waals surface area (Å²) in [4.78, 5) is 7.32. The normalized spacial score (nSPS) is 11.0. The van der Waals surface area contributed by atoms with Gasteiger partial charge in [-0.25, -0.2) is 0 Å². The molecule has 3 rings (SSSR count). The molecule has 0 atom stereocenters. The molecule has 96 valence electrons. The van der Waals surface area contributed by atoms with E-state index in [0.29, 0.717) is 0 Å². The molecule has 0 fully saturated rings. The first-order chi connectivity index (χ1) is 9.29. The standard InChI is InChI=1S/C15H15N3S/c1-2-11-5-3-4-6-12(11)10-18-14-7-8-16-9-13(14)17-15(18)19/h3-9H,2,10H2,1H3,(H,17,19). The van der Waals surface area contributed by atoms with Crippen LogP contribution in [0.3, 0.4) is 0 Å². The molecule has 0 amide bonds. The third-order valence-corrected chi connectivity index (χ3v) is 3.73. The van der Waals surface area contributed by atoms with Gasteiger partial charge in [0.2, 0.25) is 0 Å². The molecule has 0 radical (unpaired) electrons. The fourth-order valence-electron chi connectivity index (χ4n) is 2.39. The summed E-state index contributed by atoms with van der Waals surface area (Å²) in [5.74, 6) is 0. The molecule has 3 nitrogen and oxygen atoms in total. The minimum Gasteiger partial charge on any atom is -0.329 e. The number of hydrogen-bond acceptors (Lipinski definition) is 2. The number of aryl methyl sites for hydroxylation is 1. The monoisotopic (exact) mass is 269 g/mol. The summed E-state index contributed by atoms with van der Waals surface area (Å²) in [7, 11) is 0. The average Bonchev–Trinajstić information content (AvgIpc) is 2.76. The van der Waals surface area contributed by atoms with Crippen LogP contribution >= 0.6 is 12.2 Å². The first-order valence-electron chi connectivity index (χ1n) is 6.39. The Kier molecular flexibility index (Phi) is 3.17. The Morgan fingerprint density at radius 1 is 1.21 bits per heavy atom. The lowest BCUT2D eigenvalue weighted by Crippen LogP contribution is -2.02. The lowest BCUT2D eigenvalue weighted by molar-refractivity contribution is 0.799. The highest BCUT2D eigenvalue weighted by Crippen LogP contribution is 2.17. The van der Waals surface area contributed by atoms with Crippen LogP contribution in [0.5, 0.6) is 0 Å². The number of nitrogens with one attached hydrogen (secondary N) is 1. The zero-order valence-electron chi connectivity index (χ0n) is 10.8. The summed E-state index contributed by atoms with van der Waals surface area (Å²) < 4.78 is 2.87. The van der Waals surface area contributed by atoms with Crippen LogP contribution < -0.4 is 0 Å². The van der Waals surface area contributed by atoms with Crippen molar-refractivity contribution in [3.05, 3.63) is 58.6 Å². The number of rotatable bonds is 3. The number of H-pyrrole nitrogens is 1. The van der Waals surface area contributed by atoms with E-state index in [1.165, 1.54) is 11.1 Å². The van der Waals surface area contributed by atoms with Gasteiger partial charge in [-0.3, -0.25) is 4.98 Å². The smallest absolute Gasteiger partial charge is 0.178 e. The molecule has 0 bridgehead atoms. The third kappa shape index (κ3) is 2.19. The van der Waals surface area contributed by atoms with Crippen molar-refractivity contribution in [3.63, 3.8) is 0 Å². The topological polar surface area (TPSA) is 33.6 Å². The summed E-state index contributed by atoms with van der Waals surface area (Å²) in [6, 6.07) is 10.5. The van der Waals surface area contributed by atoms with Gasteiger partial charge in [0, 0.05) is 6.20 Å². The first kappa shape index (κ1) is 12.1. The van der Waals surface area contributed by atoms with E-state index < -0.39 is 0 Å². The average molecular weight is 269 g/mol. The SMILES string of the molecule is CCc1ccccc1Cn1c(=S)[nH]c2cnccc21. The summed E-state index contributed by atoms with van der Waals surface area (Å²) in [5.41, 5.74) is 4.78. The first-order valence-corrected chi connectivity index (χ1v) is 6.79. The van der Waals surface area contributed by atoms with Crippen molar-refractivity contribution < 1.29 is 0 Å². The van der Waals surface area contributed by atoms with Crippen LogP contribution in [0.15, 0.2) is 42.7 Å². The molecule has 3 aromatic rings. The Balaban J connectivity index is 2.11. The van der Waals surface area contributed by atoms with E-state index in [2.05, 4.69) is 45.7 Å². The van der Waals surface area contributed by atoms with Crippen molar-refractivity contribution in [2.45, 2.75) is 19.9 Å². The molecule has 0 aliphatic rings. The van der Waals surface area contributed by atoms with Gasteiger partial charge in [-0.2, -0.15) is 0 Å². The van der Waals surface area contributed by atoms with Crippen LogP contribution in [0.4, 0.5) is 0 Å². The van der Waals surface area contributed by atoms with Crippen molar-refractivity contribution in [2.24, 2.45) is 0 Å². The van der Waals surface area contributed by atoms with Crippen LogP contribution in [0.25, 0.3) is 11.0 Å². The Morgan fingerprint density at radius 3 is 2.79 bits per heavy atom. The number of hydrogen-bond donors (Lipinski definition) is 1. The van der Waals surface area contributed by atoms with Gasteiger partial charge in [0.25, 0.3) is 0 Å². The highest BCUT2D eigenvalue weighted by atomic mass is 32.1. The van der Waals surface area contributed by atoms with Crippen molar-refractivity contribution in [1.82, 2.24) is 14.5 Å². The van der Waals surface area contributed by atoms with Gasteiger partial charge < -0.3 is 9.55 Å². The van der Waals surface area contributed by atoms with Crippen molar-refractivity contribution in [3.8, 4) is 0 Å². The van der Waals surface area contributed by atoms with Gasteiger partial charge in [0.05, 0.1) is 23.8 Å². The molecule has 0 aliphatic carbocycles. The molecule has 4 heteroatoms. The van der Waals surface area contributed by atoms with Gasteiger partial charge in [-0.05, 0) is 35.8 Å². The number of aromatic nitrogens is 3. The van der Waals surface area contributed by atoms with Crippen LogP contribution in [0.1, 0.15) is 18.1 Å². The molecule has 0 unspecified atom stereocenters. The van der Waals surface area contributed by atoms with E-state index >= 15 is 0 Å². The summed E-state index contributed by atoms with van der Waals surface area (Å²) >= 11 is 5.41. The highest BCUT2D eigenvalue weighted by Gasteiger charge is 2.06. The van der Waals surface area contributed by atoms with Crippen molar-refractivity contribution in [1.29, 1.82) is 0 Å². The Bertz CT molecular complexity index is 770. The van der Waals surface area contributed by atoms with Crippen LogP contribution in [-0.4, -0.2) is 14.5 Å². The summed E-state index contributed by atoms with van der Waals surface area (Å²) in [6.07, 6.45) is 4.65. The predicted octanol–water partition coefficient (Wildman–Crippen LogP) is 3.70. The predicted molar refractivity (Wildman–Crippen MR) is 79.8 cm³/mol. The van der Waals surface area contributed by atoms with E-state index in [0.717, 1.165) is 28.8 Å². The Morgan fingerprint density at radius 2 is 2.00 bits per heavy atom. The van der Waals surface area contributed by atoms with E-state index in [1.54, 1.807) is 6.20 Å². The molecule has 2 aromatic heterocycles. The molecular formula is C15H15N3S. The van der Waals surface area contributed by atoms with E-state index in [9.17, 15) is 0 Å².